The van der Waals surface area contributed by atoms with Crippen LogP contribution in [0.1, 0.15) is 15.9 Å². The molecule has 1 fully saturated rings. The Morgan fingerprint density at radius 3 is 2.80 bits per heavy atom. The minimum atomic E-state index is -0.668. The molecule has 0 saturated carbocycles. The second kappa shape index (κ2) is 8.33. The second-order valence-corrected chi connectivity index (χ2v) is 7.50. The lowest BCUT2D eigenvalue weighted by atomic mass is 10.00. The number of ether oxygens (including phenoxy) is 1. The number of anilines is 1. The number of carbonyl (C=O) groups is 1. The highest BCUT2D eigenvalue weighted by molar-refractivity contribution is 6.30. The van der Waals surface area contributed by atoms with E-state index in [0.29, 0.717) is 41.1 Å². The van der Waals surface area contributed by atoms with E-state index in [1.807, 2.05) is 11.8 Å². The highest BCUT2D eigenvalue weighted by atomic mass is 35.5. The van der Waals surface area contributed by atoms with E-state index in [-0.39, 0.29) is 17.9 Å². The molecule has 1 aliphatic rings. The first-order valence-corrected chi connectivity index (χ1v) is 9.83. The summed E-state index contributed by atoms with van der Waals surface area (Å²) in [6.45, 7) is 2.98. The van der Waals surface area contributed by atoms with Gasteiger partial charge in [-0.15, -0.1) is 0 Å². The van der Waals surface area contributed by atoms with Gasteiger partial charge in [0.1, 0.15) is 12.4 Å². The first-order valence-electron chi connectivity index (χ1n) is 9.45. The third-order valence-electron chi connectivity index (χ3n) is 5.05. The molecule has 154 valence electrons. The van der Waals surface area contributed by atoms with Crippen LogP contribution in [0.5, 0.6) is 0 Å². The van der Waals surface area contributed by atoms with Crippen molar-refractivity contribution in [1.82, 2.24) is 19.5 Å². The van der Waals surface area contributed by atoms with E-state index >= 15 is 0 Å². The molecule has 8 nitrogen and oxygen atoms in total. The number of aromatic nitrogens is 4. The molecule has 0 bridgehead atoms. The standard InChI is InChI=1S/C21H20ClN5O3/c1-13-9-14(22)3-4-15(13)20(29)18-11-27(7-8-30-18)21-25-17(10-19(28)26(21)2)16-5-6-23-12-24-16/h3-6,9-10,12,18H,7-8,11H2,1-2H3. The Morgan fingerprint density at radius 1 is 1.23 bits per heavy atom. The summed E-state index contributed by atoms with van der Waals surface area (Å²) in [7, 11) is 1.66. The molecule has 1 saturated heterocycles. The van der Waals surface area contributed by atoms with E-state index in [9.17, 15) is 9.59 Å². The lowest BCUT2D eigenvalue weighted by molar-refractivity contribution is 0.0336. The molecule has 3 heterocycles. The molecule has 9 heteroatoms. The third kappa shape index (κ3) is 3.96. The average molecular weight is 426 g/mol. The number of ketones is 1. The van der Waals surface area contributed by atoms with E-state index in [1.165, 1.54) is 17.0 Å². The van der Waals surface area contributed by atoms with Gasteiger partial charge in [0.2, 0.25) is 5.95 Å². The summed E-state index contributed by atoms with van der Waals surface area (Å²) in [4.78, 5) is 40.2. The highest BCUT2D eigenvalue weighted by Crippen LogP contribution is 2.22. The summed E-state index contributed by atoms with van der Waals surface area (Å²) in [5.41, 5.74) is 2.17. The van der Waals surface area contributed by atoms with Crippen molar-refractivity contribution < 1.29 is 9.53 Å². The van der Waals surface area contributed by atoms with E-state index in [0.717, 1.165) is 5.56 Å². The van der Waals surface area contributed by atoms with Crippen molar-refractivity contribution in [2.75, 3.05) is 24.6 Å². The molecular formula is C21H20ClN5O3. The van der Waals surface area contributed by atoms with Gasteiger partial charge in [0.05, 0.1) is 24.5 Å². The molecule has 0 radical (unpaired) electrons. The Kier molecular flexibility index (Phi) is 5.61. The minimum Gasteiger partial charge on any atom is -0.366 e. The molecule has 1 atom stereocenters. The lowest BCUT2D eigenvalue weighted by Gasteiger charge is -2.33. The number of hydrogen-bond acceptors (Lipinski definition) is 7. The zero-order valence-electron chi connectivity index (χ0n) is 16.6. The van der Waals surface area contributed by atoms with Crippen molar-refractivity contribution in [3.8, 4) is 11.4 Å². The summed E-state index contributed by atoms with van der Waals surface area (Å²) in [5, 5.41) is 0.580. The first-order chi connectivity index (χ1) is 14.4. The van der Waals surface area contributed by atoms with Crippen molar-refractivity contribution in [2.24, 2.45) is 7.05 Å². The Hall–Kier alpha value is -3.10. The Labute approximate surface area is 178 Å². The van der Waals surface area contributed by atoms with Gasteiger partial charge < -0.3 is 9.64 Å². The highest BCUT2D eigenvalue weighted by Gasteiger charge is 2.30. The SMILES string of the molecule is Cc1cc(Cl)ccc1C(=O)C1CN(c2nc(-c3ccncn3)cc(=O)n2C)CCO1. The number of morpholine rings is 1. The van der Waals surface area contributed by atoms with Gasteiger partial charge in [-0.25, -0.2) is 15.0 Å². The van der Waals surface area contributed by atoms with Gasteiger partial charge in [0.15, 0.2) is 5.78 Å². The van der Waals surface area contributed by atoms with Gasteiger partial charge >= 0.3 is 0 Å². The topological polar surface area (TPSA) is 90.2 Å². The number of rotatable bonds is 4. The molecule has 0 amide bonds. The number of halogens is 1. The number of benzene rings is 1. The molecule has 4 rings (SSSR count). The number of hydrogen-bond donors (Lipinski definition) is 0. The molecule has 2 aromatic heterocycles. The van der Waals surface area contributed by atoms with Gasteiger partial charge in [-0.3, -0.25) is 14.2 Å². The Balaban J connectivity index is 1.64. The van der Waals surface area contributed by atoms with E-state index in [4.69, 9.17) is 16.3 Å². The van der Waals surface area contributed by atoms with E-state index in [1.54, 1.807) is 37.5 Å². The average Bonchev–Trinajstić information content (AvgIpc) is 2.76. The summed E-state index contributed by atoms with van der Waals surface area (Å²) in [6.07, 6.45) is 2.34. The molecule has 1 aliphatic heterocycles. The zero-order chi connectivity index (χ0) is 21.3. The van der Waals surface area contributed by atoms with Gasteiger partial charge in [-0.05, 0) is 36.8 Å². The van der Waals surface area contributed by atoms with E-state index < -0.39 is 6.10 Å². The maximum Gasteiger partial charge on any atom is 0.255 e. The smallest absolute Gasteiger partial charge is 0.255 e. The van der Waals surface area contributed by atoms with Crippen LogP contribution in [-0.4, -0.2) is 51.1 Å². The zero-order valence-corrected chi connectivity index (χ0v) is 17.3. The fourth-order valence-electron chi connectivity index (χ4n) is 3.45. The number of nitrogens with zero attached hydrogens (tertiary/aromatic N) is 5. The predicted octanol–water partition coefficient (Wildman–Crippen LogP) is 2.29. The third-order valence-corrected chi connectivity index (χ3v) is 5.29. The van der Waals surface area contributed by atoms with Crippen molar-refractivity contribution in [3.05, 3.63) is 69.4 Å². The summed E-state index contributed by atoms with van der Waals surface area (Å²) >= 11 is 6.01. The normalized spacial score (nSPS) is 16.5. The summed E-state index contributed by atoms with van der Waals surface area (Å²) in [6, 6.07) is 8.29. The van der Waals surface area contributed by atoms with Crippen LogP contribution >= 0.6 is 11.6 Å². The summed E-state index contributed by atoms with van der Waals surface area (Å²) in [5.74, 6) is 0.343. The van der Waals surface area contributed by atoms with Gasteiger partial charge in [0.25, 0.3) is 5.56 Å². The predicted molar refractivity (Wildman–Crippen MR) is 113 cm³/mol. The lowest BCUT2D eigenvalue weighted by Crippen LogP contribution is -2.48. The first kappa shape index (κ1) is 20.2. The summed E-state index contributed by atoms with van der Waals surface area (Å²) < 4.78 is 7.22. The quantitative estimate of drug-likeness (QED) is 0.592. The minimum absolute atomic E-state index is 0.120. The maximum atomic E-state index is 13.0. The van der Waals surface area contributed by atoms with Crippen LogP contribution in [0.3, 0.4) is 0 Å². The van der Waals surface area contributed by atoms with Crippen LogP contribution in [0.4, 0.5) is 5.95 Å². The molecular weight excluding hydrogens is 406 g/mol. The Morgan fingerprint density at radius 2 is 2.07 bits per heavy atom. The van der Waals surface area contributed by atoms with Crippen molar-refractivity contribution in [2.45, 2.75) is 13.0 Å². The van der Waals surface area contributed by atoms with Crippen molar-refractivity contribution in [3.63, 3.8) is 0 Å². The largest absolute Gasteiger partial charge is 0.366 e. The molecule has 1 aromatic carbocycles. The van der Waals surface area contributed by atoms with E-state index in [2.05, 4.69) is 15.0 Å². The fraction of sp³-hybridized carbons (Fsp3) is 0.286. The van der Waals surface area contributed by atoms with Crippen LogP contribution in [0, 0.1) is 6.92 Å². The maximum absolute atomic E-state index is 13.0. The van der Waals surface area contributed by atoms with Crippen LogP contribution in [-0.2, 0) is 11.8 Å². The fourth-order valence-corrected chi connectivity index (χ4v) is 3.68. The van der Waals surface area contributed by atoms with Crippen LogP contribution in [0.2, 0.25) is 5.02 Å². The van der Waals surface area contributed by atoms with Gasteiger partial charge in [-0.1, -0.05) is 11.6 Å². The molecule has 3 aromatic rings. The van der Waals surface area contributed by atoms with Crippen molar-refractivity contribution in [1.29, 1.82) is 0 Å². The van der Waals surface area contributed by atoms with Crippen molar-refractivity contribution >= 4 is 23.3 Å². The second-order valence-electron chi connectivity index (χ2n) is 7.06. The molecule has 0 N–H and O–H groups in total. The Bertz CT molecular complexity index is 1150. The number of carbonyl (C=O) groups excluding carboxylic acids is 1. The molecule has 1 unspecified atom stereocenters. The monoisotopic (exact) mass is 425 g/mol. The van der Waals surface area contributed by atoms with Gasteiger partial charge in [-0.2, -0.15) is 0 Å². The van der Waals surface area contributed by atoms with Crippen LogP contribution < -0.4 is 10.5 Å². The number of Topliss-reactive ketones (excluding diaryl/α,β-unsaturated/α-hetero) is 1. The van der Waals surface area contributed by atoms with Gasteiger partial charge in [0, 0.05) is 36.4 Å². The molecule has 30 heavy (non-hydrogen) atoms. The van der Waals surface area contributed by atoms with Crippen LogP contribution in [0.15, 0.2) is 47.7 Å². The molecule has 0 aliphatic carbocycles. The molecule has 0 spiro atoms. The van der Waals surface area contributed by atoms with Crippen LogP contribution in [0.25, 0.3) is 11.4 Å². The number of aryl methyl sites for hydroxylation is 1.